The molecule has 0 spiro atoms. The van der Waals surface area contributed by atoms with Crippen molar-refractivity contribution in [3.8, 4) is 12.1 Å². The van der Waals surface area contributed by atoms with Crippen LogP contribution in [0.25, 0.3) is 0 Å². The number of nitrogens with zero attached hydrogens (tertiary/aromatic N) is 2. The van der Waals surface area contributed by atoms with Crippen LogP contribution in [-0.4, -0.2) is 11.7 Å². The number of alkyl carbamates (subject to hydrolysis) is 1. The number of rotatable bonds is 3. The third-order valence-corrected chi connectivity index (χ3v) is 2.44. The molecule has 0 fully saturated rings. The number of benzene rings is 1. The van der Waals surface area contributed by atoms with Gasteiger partial charge in [0.2, 0.25) is 0 Å². The van der Waals surface area contributed by atoms with Gasteiger partial charge in [0, 0.05) is 0 Å². The summed E-state index contributed by atoms with van der Waals surface area (Å²) in [5, 5.41) is 20.7. The fraction of sp³-hybridized carbons (Fsp3) is 0.400. The molecule has 0 radical (unpaired) electrons. The van der Waals surface area contributed by atoms with Crippen molar-refractivity contribution in [1.82, 2.24) is 5.32 Å². The van der Waals surface area contributed by atoms with Gasteiger partial charge in [0.15, 0.2) is 5.92 Å². The Kier molecular flexibility index (Phi) is 5.11. The summed E-state index contributed by atoms with van der Waals surface area (Å²) < 4.78 is 5.16. The van der Waals surface area contributed by atoms with Gasteiger partial charge in [0.25, 0.3) is 0 Å². The zero-order chi connectivity index (χ0) is 15.2. The van der Waals surface area contributed by atoms with Crippen molar-refractivity contribution in [3.05, 3.63) is 35.9 Å². The van der Waals surface area contributed by atoms with Crippen LogP contribution in [0.1, 0.15) is 32.4 Å². The van der Waals surface area contributed by atoms with Crippen LogP contribution in [0.3, 0.4) is 0 Å². The van der Waals surface area contributed by atoms with Gasteiger partial charge in [-0.2, -0.15) is 10.5 Å². The minimum atomic E-state index is -0.982. The molecule has 0 aliphatic heterocycles. The second kappa shape index (κ2) is 6.58. The fourth-order valence-electron chi connectivity index (χ4n) is 1.63. The van der Waals surface area contributed by atoms with E-state index in [0.29, 0.717) is 5.56 Å². The zero-order valence-electron chi connectivity index (χ0n) is 11.8. The number of nitrogens with one attached hydrogen (secondary N) is 1. The van der Waals surface area contributed by atoms with Crippen LogP contribution in [0.15, 0.2) is 30.3 Å². The predicted octanol–water partition coefficient (Wildman–Crippen LogP) is 2.92. The molecule has 1 rings (SSSR count). The monoisotopic (exact) mass is 271 g/mol. The van der Waals surface area contributed by atoms with Crippen LogP contribution >= 0.6 is 0 Å². The highest BCUT2D eigenvalue weighted by Crippen LogP contribution is 2.22. The van der Waals surface area contributed by atoms with Gasteiger partial charge in [-0.05, 0) is 26.3 Å². The van der Waals surface area contributed by atoms with Crippen molar-refractivity contribution in [2.24, 2.45) is 5.92 Å². The highest BCUT2D eigenvalue weighted by Gasteiger charge is 2.27. The quantitative estimate of drug-likeness (QED) is 0.915. The van der Waals surface area contributed by atoms with E-state index in [-0.39, 0.29) is 0 Å². The van der Waals surface area contributed by atoms with Crippen LogP contribution in [-0.2, 0) is 4.74 Å². The standard InChI is InChI=1S/C15H17N3O2/c1-15(2,3)20-14(19)18-13(12(9-16)10-17)11-7-5-4-6-8-11/h4-8,12-13H,1-3H3,(H,18,19)/t13-/m0/s1. The summed E-state index contributed by atoms with van der Waals surface area (Å²) in [5.74, 6) is -0.982. The molecule has 0 aromatic heterocycles. The van der Waals surface area contributed by atoms with E-state index in [0.717, 1.165) is 0 Å². The fourth-order valence-corrected chi connectivity index (χ4v) is 1.63. The molecule has 0 aliphatic rings. The van der Waals surface area contributed by atoms with Gasteiger partial charge in [-0.15, -0.1) is 0 Å². The van der Waals surface area contributed by atoms with Crippen LogP contribution in [0.4, 0.5) is 4.79 Å². The molecule has 20 heavy (non-hydrogen) atoms. The summed E-state index contributed by atoms with van der Waals surface area (Å²) in [6, 6.07) is 11.9. The SMILES string of the molecule is CC(C)(C)OC(=O)N[C@@H](c1ccccc1)C(C#N)C#N. The van der Waals surface area contributed by atoms with Crippen molar-refractivity contribution in [1.29, 1.82) is 10.5 Å². The second-order valence-electron chi connectivity index (χ2n) is 5.27. The van der Waals surface area contributed by atoms with Gasteiger partial charge < -0.3 is 10.1 Å². The first-order chi connectivity index (χ1) is 9.37. The molecular formula is C15H17N3O2. The highest BCUT2D eigenvalue weighted by molar-refractivity contribution is 5.68. The molecule has 0 saturated heterocycles. The minimum absolute atomic E-state index is 0.639. The zero-order valence-corrected chi connectivity index (χ0v) is 11.8. The Morgan fingerprint density at radius 3 is 2.20 bits per heavy atom. The number of carbonyl (C=O) groups is 1. The molecule has 5 nitrogen and oxygen atoms in total. The lowest BCUT2D eigenvalue weighted by molar-refractivity contribution is 0.0498. The number of ether oxygens (including phenoxy) is 1. The average Bonchev–Trinajstić information content (AvgIpc) is 2.38. The summed E-state index contributed by atoms with van der Waals surface area (Å²) in [6.45, 7) is 5.24. The topological polar surface area (TPSA) is 85.9 Å². The number of hydrogen-bond donors (Lipinski definition) is 1. The molecular weight excluding hydrogens is 254 g/mol. The van der Waals surface area contributed by atoms with E-state index in [1.807, 2.05) is 18.2 Å². The van der Waals surface area contributed by atoms with E-state index in [4.69, 9.17) is 15.3 Å². The third-order valence-electron chi connectivity index (χ3n) is 2.44. The summed E-state index contributed by atoms with van der Waals surface area (Å²) >= 11 is 0. The lowest BCUT2D eigenvalue weighted by Gasteiger charge is -2.24. The highest BCUT2D eigenvalue weighted by atomic mass is 16.6. The molecule has 5 heteroatoms. The maximum atomic E-state index is 11.8. The lowest BCUT2D eigenvalue weighted by Crippen LogP contribution is -2.37. The van der Waals surface area contributed by atoms with Crippen LogP contribution < -0.4 is 5.32 Å². The number of hydrogen-bond acceptors (Lipinski definition) is 4. The van der Waals surface area contributed by atoms with E-state index in [2.05, 4.69) is 5.32 Å². The average molecular weight is 271 g/mol. The Bertz CT molecular complexity index is 521. The lowest BCUT2D eigenvalue weighted by atomic mass is 9.95. The molecule has 1 aromatic rings. The smallest absolute Gasteiger partial charge is 0.408 e. The van der Waals surface area contributed by atoms with Gasteiger partial charge in [-0.1, -0.05) is 30.3 Å². The third kappa shape index (κ3) is 4.62. The summed E-state index contributed by atoms with van der Waals surface area (Å²) in [7, 11) is 0. The molecule has 0 heterocycles. The van der Waals surface area contributed by atoms with Crippen LogP contribution in [0.2, 0.25) is 0 Å². The van der Waals surface area contributed by atoms with E-state index in [1.54, 1.807) is 45.0 Å². The number of carbonyl (C=O) groups excluding carboxylic acids is 1. The first kappa shape index (κ1) is 15.5. The van der Waals surface area contributed by atoms with Gasteiger partial charge in [0.1, 0.15) is 5.60 Å². The molecule has 0 bridgehead atoms. The predicted molar refractivity (Wildman–Crippen MR) is 73.3 cm³/mol. The molecule has 1 atom stereocenters. The summed E-state index contributed by atoms with van der Waals surface area (Å²) in [6.07, 6.45) is -0.651. The van der Waals surface area contributed by atoms with Crippen molar-refractivity contribution < 1.29 is 9.53 Å². The normalized spacial score (nSPS) is 12.1. The minimum Gasteiger partial charge on any atom is -0.444 e. The van der Waals surface area contributed by atoms with Gasteiger partial charge >= 0.3 is 6.09 Å². The molecule has 1 amide bonds. The largest absolute Gasteiger partial charge is 0.444 e. The van der Waals surface area contributed by atoms with Crippen molar-refractivity contribution in [2.75, 3.05) is 0 Å². The molecule has 1 aromatic carbocycles. The molecule has 0 saturated carbocycles. The maximum absolute atomic E-state index is 11.8. The van der Waals surface area contributed by atoms with Gasteiger partial charge in [-0.3, -0.25) is 0 Å². The number of amides is 1. The van der Waals surface area contributed by atoms with Crippen molar-refractivity contribution >= 4 is 6.09 Å². The first-order valence-corrected chi connectivity index (χ1v) is 6.21. The Hall–Kier alpha value is -2.53. The maximum Gasteiger partial charge on any atom is 0.408 e. The Labute approximate surface area is 118 Å². The molecule has 1 N–H and O–H groups in total. The molecule has 104 valence electrons. The van der Waals surface area contributed by atoms with E-state index >= 15 is 0 Å². The van der Waals surface area contributed by atoms with E-state index < -0.39 is 23.7 Å². The van der Waals surface area contributed by atoms with Crippen LogP contribution in [0, 0.1) is 28.6 Å². The molecule has 0 unspecified atom stereocenters. The van der Waals surface area contributed by atoms with Crippen molar-refractivity contribution in [2.45, 2.75) is 32.4 Å². The van der Waals surface area contributed by atoms with Crippen LogP contribution in [0.5, 0.6) is 0 Å². The van der Waals surface area contributed by atoms with Gasteiger partial charge in [0.05, 0.1) is 18.2 Å². The van der Waals surface area contributed by atoms with Crippen molar-refractivity contribution in [3.63, 3.8) is 0 Å². The Balaban J connectivity index is 2.94. The van der Waals surface area contributed by atoms with Gasteiger partial charge in [-0.25, -0.2) is 4.79 Å². The van der Waals surface area contributed by atoms with E-state index in [9.17, 15) is 4.79 Å². The summed E-state index contributed by atoms with van der Waals surface area (Å²) in [4.78, 5) is 11.8. The Morgan fingerprint density at radius 2 is 1.75 bits per heavy atom. The number of nitriles is 2. The first-order valence-electron chi connectivity index (χ1n) is 6.21. The summed E-state index contributed by atoms with van der Waals surface area (Å²) in [5.41, 5.74) is 0.0478. The van der Waals surface area contributed by atoms with E-state index in [1.165, 1.54) is 0 Å². The Morgan fingerprint density at radius 1 is 1.20 bits per heavy atom. The second-order valence-corrected chi connectivity index (χ2v) is 5.27. The molecule has 0 aliphatic carbocycles.